The highest BCUT2D eigenvalue weighted by molar-refractivity contribution is 5.34. The van der Waals surface area contributed by atoms with Crippen molar-refractivity contribution in [1.82, 2.24) is 4.98 Å². The molecule has 13 heavy (non-hydrogen) atoms. The van der Waals surface area contributed by atoms with Crippen molar-refractivity contribution >= 4 is 0 Å². The van der Waals surface area contributed by atoms with Gasteiger partial charge in [0.25, 0.3) is 0 Å². The van der Waals surface area contributed by atoms with Crippen LogP contribution in [0.25, 0.3) is 0 Å². The van der Waals surface area contributed by atoms with E-state index in [1.165, 1.54) is 22.4 Å². The SMILES string of the molecule is CCc1ncc(C)c(COC)c1C. The van der Waals surface area contributed by atoms with Crippen molar-refractivity contribution in [1.29, 1.82) is 0 Å². The van der Waals surface area contributed by atoms with E-state index in [2.05, 4.69) is 25.8 Å². The van der Waals surface area contributed by atoms with Gasteiger partial charge in [0.2, 0.25) is 0 Å². The van der Waals surface area contributed by atoms with E-state index in [0.717, 1.165) is 6.42 Å². The van der Waals surface area contributed by atoms with Gasteiger partial charge in [-0.15, -0.1) is 0 Å². The smallest absolute Gasteiger partial charge is 0.0719 e. The van der Waals surface area contributed by atoms with Crippen LogP contribution in [0.2, 0.25) is 0 Å². The molecule has 2 nitrogen and oxygen atoms in total. The lowest BCUT2D eigenvalue weighted by Gasteiger charge is -2.11. The fourth-order valence-corrected chi connectivity index (χ4v) is 1.54. The number of rotatable bonds is 3. The molecule has 0 bridgehead atoms. The Kier molecular flexibility index (Phi) is 3.43. The van der Waals surface area contributed by atoms with E-state index in [4.69, 9.17) is 4.74 Å². The summed E-state index contributed by atoms with van der Waals surface area (Å²) >= 11 is 0. The molecular formula is C11H17NO. The summed E-state index contributed by atoms with van der Waals surface area (Å²) in [5, 5.41) is 0. The molecule has 0 aliphatic rings. The number of methoxy groups -OCH3 is 1. The van der Waals surface area contributed by atoms with Gasteiger partial charge in [-0.2, -0.15) is 0 Å². The molecule has 72 valence electrons. The molecule has 0 aromatic carbocycles. The highest BCUT2D eigenvalue weighted by atomic mass is 16.5. The first-order valence-electron chi connectivity index (χ1n) is 4.63. The molecule has 1 aromatic heterocycles. The van der Waals surface area contributed by atoms with Crippen molar-refractivity contribution in [2.45, 2.75) is 33.8 Å². The van der Waals surface area contributed by atoms with Crippen LogP contribution in [0, 0.1) is 13.8 Å². The molecule has 1 aromatic rings. The van der Waals surface area contributed by atoms with Gasteiger partial charge in [0.1, 0.15) is 0 Å². The molecule has 0 fully saturated rings. The highest BCUT2D eigenvalue weighted by Gasteiger charge is 2.06. The number of aromatic nitrogens is 1. The molecule has 0 radical (unpaired) electrons. The quantitative estimate of drug-likeness (QED) is 0.711. The maximum Gasteiger partial charge on any atom is 0.0719 e. The minimum absolute atomic E-state index is 0.688. The fourth-order valence-electron chi connectivity index (χ4n) is 1.54. The van der Waals surface area contributed by atoms with Crippen molar-refractivity contribution in [3.63, 3.8) is 0 Å². The summed E-state index contributed by atoms with van der Waals surface area (Å²) in [4.78, 5) is 4.38. The average molecular weight is 179 g/mol. The van der Waals surface area contributed by atoms with Crippen LogP contribution in [-0.4, -0.2) is 12.1 Å². The first kappa shape index (κ1) is 10.2. The number of hydrogen-bond donors (Lipinski definition) is 0. The first-order valence-corrected chi connectivity index (χ1v) is 4.63. The average Bonchev–Trinajstić information content (AvgIpc) is 2.12. The Bertz CT molecular complexity index is 294. The molecule has 2 heteroatoms. The molecule has 0 amide bonds. The summed E-state index contributed by atoms with van der Waals surface area (Å²) in [5.41, 5.74) is 4.97. The Hall–Kier alpha value is -0.890. The molecule has 0 saturated carbocycles. The summed E-state index contributed by atoms with van der Waals surface area (Å²) in [7, 11) is 1.73. The van der Waals surface area contributed by atoms with Crippen molar-refractivity contribution in [3.8, 4) is 0 Å². The van der Waals surface area contributed by atoms with Crippen LogP contribution in [0.4, 0.5) is 0 Å². The molecule has 0 atom stereocenters. The zero-order valence-corrected chi connectivity index (χ0v) is 8.85. The molecular weight excluding hydrogens is 162 g/mol. The third-order valence-electron chi connectivity index (χ3n) is 2.40. The van der Waals surface area contributed by atoms with E-state index < -0.39 is 0 Å². The zero-order chi connectivity index (χ0) is 9.84. The number of hydrogen-bond acceptors (Lipinski definition) is 2. The van der Waals surface area contributed by atoms with Gasteiger partial charge >= 0.3 is 0 Å². The van der Waals surface area contributed by atoms with E-state index in [0.29, 0.717) is 6.61 Å². The van der Waals surface area contributed by atoms with E-state index in [-0.39, 0.29) is 0 Å². The van der Waals surface area contributed by atoms with Crippen LogP contribution in [0.15, 0.2) is 6.20 Å². The van der Waals surface area contributed by atoms with E-state index in [9.17, 15) is 0 Å². The van der Waals surface area contributed by atoms with Crippen LogP contribution in [0.5, 0.6) is 0 Å². The van der Waals surface area contributed by atoms with Gasteiger partial charge in [0.15, 0.2) is 0 Å². The fraction of sp³-hybridized carbons (Fsp3) is 0.545. The lowest BCUT2D eigenvalue weighted by Crippen LogP contribution is -2.02. The van der Waals surface area contributed by atoms with Gasteiger partial charge < -0.3 is 4.74 Å². The monoisotopic (exact) mass is 179 g/mol. The number of pyridine rings is 1. The summed E-state index contributed by atoms with van der Waals surface area (Å²) in [6, 6.07) is 0. The third kappa shape index (κ3) is 2.07. The van der Waals surface area contributed by atoms with Gasteiger partial charge in [0, 0.05) is 19.0 Å². The number of nitrogens with zero attached hydrogens (tertiary/aromatic N) is 1. The Labute approximate surface area is 80.0 Å². The van der Waals surface area contributed by atoms with Gasteiger partial charge in [0.05, 0.1) is 6.61 Å². The molecule has 0 saturated heterocycles. The molecule has 0 N–H and O–H groups in total. The van der Waals surface area contributed by atoms with Gasteiger partial charge in [-0.05, 0) is 37.0 Å². The maximum atomic E-state index is 5.16. The second-order valence-corrected chi connectivity index (χ2v) is 3.28. The molecule has 0 aliphatic heterocycles. The predicted molar refractivity (Wildman–Crippen MR) is 53.8 cm³/mol. The standard InChI is InChI=1S/C11H17NO/c1-5-11-9(3)10(7-13-4)8(2)6-12-11/h6H,5,7H2,1-4H3. The molecule has 1 rings (SSSR count). The summed E-state index contributed by atoms with van der Waals surface area (Å²) < 4.78 is 5.16. The second-order valence-electron chi connectivity index (χ2n) is 3.28. The third-order valence-corrected chi connectivity index (χ3v) is 2.40. The van der Waals surface area contributed by atoms with E-state index in [1.54, 1.807) is 7.11 Å². The summed E-state index contributed by atoms with van der Waals surface area (Å²) in [6.45, 7) is 7.01. The van der Waals surface area contributed by atoms with Crippen LogP contribution in [-0.2, 0) is 17.8 Å². The molecule has 1 heterocycles. The second kappa shape index (κ2) is 4.38. The minimum atomic E-state index is 0.688. The summed E-state index contributed by atoms with van der Waals surface area (Å²) in [5.74, 6) is 0. The van der Waals surface area contributed by atoms with E-state index in [1.807, 2.05) is 6.20 Å². The lowest BCUT2D eigenvalue weighted by atomic mass is 10.0. The van der Waals surface area contributed by atoms with Gasteiger partial charge in [-0.25, -0.2) is 0 Å². The molecule has 0 aliphatic carbocycles. The minimum Gasteiger partial charge on any atom is -0.380 e. The van der Waals surface area contributed by atoms with Crippen molar-refractivity contribution < 1.29 is 4.74 Å². The van der Waals surface area contributed by atoms with Crippen LogP contribution >= 0.6 is 0 Å². The normalized spacial score (nSPS) is 10.5. The van der Waals surface area contributed by atoms with Crippen LogP contribution in [0.1, 0.15) is 29.3 Å². The zero-order valence-electron chi connectivity index (χ0n) is 8.85. The molecule has 0 unspecified atom stereocenters. The highest BCUT2D eigenvalue weighted by Crippen LogP contribution is 2.16. The largest absolute Gasteiger partial charge is 0.380 e. The Morgan fingerprint density at radius 1 is 1.38 bits per heavy atom. The summed E-state index contributed by atoms with van der Waals surface area (Å²) in [6.07, 6.45) is 2.92. The van der Waals surface area contributed by atoms with Crippen molar-refractivity contribution in [2.75, 3.05) is 7.11 Å². The van der Waals surface area contributed by atoms with Crippen LogP contribution in [0.3, 0.4) is 0 Å². The maximum absolute atomic E-state index is 5.16. The Balaban J connectivity index is 3.13. The number of aryl methyl sites for hydroxylation is 2. The van der Waals surface area contributed by atoms with Crippen molar-refractivity contribution in [2.24, 2.45) is 0 Å². The van der Waals surface area contributed by atoms with Crippen LogP contribution < -0.4 is 0 Å². The topological polar surface area (TPSA) is 22.1 Å². The Morgan fingerprint density at radius 2 is 2.08 bits per heavy atom. The first-order chi connectivity index (χ1) is 6.20. The Morgan fingerprint density at radius 3 is 2.62 bits per heavy atom. The molecule has 0 spiro atoms. The van der Waals surface area contributed by atoms with E-state index >= 15 is 0 Å². The number of ether oxygens (including phenoxy) is 1. The van der Waals surface area contributed by atoms with Gasteiger partial charge in [-0.1, -0.05) is 6.92 Å². The lowest BCUT2D eigenvalue weighted by molar-refractivity contribution is 0.183. The van der Waals surface area contributed by atoms with Crippen molar-refractivity contribution in [3.05, 3.63) is 28.6 Å². The predicted octanol–water partition coefficient (Wildman–Crippen LogP) is 2.41. The van der Waals surface area contributed by atoms with Gasteiger partial charge in [-0.3, -0.25) is 4.98 Å².